The molecule has 1 saturated heterocycles. The largest absolute Gasteiger partial charge is 0.452 e. The molecule has 0 unspecified atom stereocenters. The van der Waals surface area contributed by atoms with Crippen LogP contribution in [0.15, 0.2) is 126 Å². The summed E-state index contributed by atoms with van der Waals surface area (Å²) in [5, 5.41) is 10.4. The highest BCUT2D eigenvalue weighted by molar-refractivity contribution is 7.99. The summed E-state index contributed by atoms with van der Waals surface area (Å²) in [6, 6.07) is 38.2. The summed E-state index contributed by atoms with van der Waals surface area (Å²) in [7, 11) is 0. The topological polar surface area (TPSA) is 74.2 Å². The minimum absolute atomic E-state index is 0.275. The number of hydrogen-bond donors (Lipinski definition) is 1. The van der Waals surface area contributed by atoms with Gasteiger partial charge in [-0.15, -0.1) is 0 Å². The van der Waals surface area contributed by atoms with Crippen molar-refractivity contribution in [2.45, 2.75) is 48.0 Å². The quantitative estimate of drug-likeness (QED) is 0.231. The zero-order valence-electron chi connectivity index (χ0n) is 22.0. The summed E-state index contributed by atoms with van der Waals surface area (Å²) >= 11 is 1.42. The number of rotatable bonds is 11. The second-order valence-electron chi connectivity index (χ2n) is 9.41. The van der Waals surface area contributed by atoms with E-state index in [0.717, 1.165) is 16.0 Å². The average molecular weight is 557 g/mol. The van der Waals surface area contributed by atoms with Gasteiger partial charge in [-0.25, -0.2) is 4.79 Å². The summed E-state index contributed by atoms with van der Waals surface area (Å²) in [5.41, 5.74) is 1.72. The molecular formula is C33H32O6S. The fraction of sp³-hybridized carbons (Fsp3) is 0.242. The van der Waals surface area contributed by atoms with Crippen LogP contribution in [0.4, 0.5) is 0 Å². The van der Waals surface area contributed by atoms with Crippen molar-refractivity contribution in [3.05, 3.63) is 138 Å². The van der Waals surface area contributed by atoms with Gasteiger partial charge in [-0.2, -0.15) is 0 Å². The second-order valence-corrected chi connectivity index (χ2v) is 10.6. The lowest BCUT2D eigenvalue weighted by Crippen LogP contribution is -2.60. The molecule has 4 aromatic rings. The van der Waals surface area contributed by atoms with Crippen LogP contribution in [0.3, 0.4) is 0 Å². The van der Waals surface area contributed by atoms with Crippen LogP contribution in [0.1, 0.15) is 21.5 Å². The normalized spacial score (nSPS) is 22.5. The Hall–Kier alpha value is -3.46. The fourth-order valence-electron chi connectivity index (χ4n) is 4.57. The smallest absolute Gasteiger partial charge is 0.338 e. The predicted octanol–water partition coefficient (Wildman–Crippen LogP) is 5.89. The van der Waals surface area contributed by atoms with Gasteiger partial charge in [-0.3, -0.25) is 0 Å². The van der Waals surface area contributed by atoms with Crippen LogP contribution in [0.5, 0.6) is 0 Å². The highest BCUT2D eigenvalue weighted by Crippen LogP contribution is 2.38. The van der Waals surface area contributed by atoms with E-state index in [4.69, 9.17) is 18.9 Å². The van der Waals surface area contributed by atoms with Crippen LogP contribution in [0.2, 0.25) is 0 Å². The first-order valence-electron chi connectivity index (χ1n) is 13.3. The highest BCUT2D eigenvalue weighted by atomic mass is 32.2. The number of carbonyl (C=O) groups is 1. The molecular weight excluding hydrogens is 524 g/mol. The van der Waals surface area contributed by atoms with Crippen LogP contribution in [-0.4, -0.2) is 47.5 Å². The molecule has 0 saturated carbocycles. The predicted molar refractivity (Wildman–Crippen MR) is 154 cm³/mol. The maximum Gasteiger partial charge on any atom is 0.338 e. The summed E-state index contributed by atoms with van der Waals surface area (Å²) < 4.78 is 25.5. The SMILES string of the molecule is O=C(O[C@H]1[C@@H](OCc2ccccc2)[C@H](OCc2ccccc2)[C@@H](CO)O[C@@H]1Sc1ccccc1)c1ccccc1. The molecule has 0 radical (unpaired) electrons. The van der Waals surface area contributed by atoms with Crippen LogP contribution in [0, 0.1) is 0 Å². The molecule has 1 aliphatic heterocycles. The lowest BCUT2D eigenvalue weighted by atomic mass is 9.99. The number of esters is 1. The van der Waals surface area contributed by atoms with Crippen molar-refractivity contribution in [2.75, 3.05) is 6.61 Å². The van der Waals surface area contributed by atoms with Crippen molar-refractivity contribution in [2.24, 2.45) is 0 Å². The lowest BCUT2D eigenvalue weighted by molar-refractivity contribution is -0.239. The van der Waals surface area contributed by atoms with Gasteiger partial charge < -0.3 is 24.1 Å². The van der Waals surface area contributed by atoms with E-state index < -0.39 is 35.8 Å². The Morgan fingerprint density at radius 2 is 1.18 bits per heavy atom. The van der Waals surface area contributed by atoms with E-state index in [1.54, 1.807) is 24.3 Å². The monoisotopic (exact) mass is 556 g/mol. The van der Waals surface area contributed by atoms with Gasteiger partial charge >= 0.3 is 5.97 Å². The summed E-state index contributed by atoms with van der Waals surface area (Å²) in [4.78, 5) is 14.3. The van der Waals surface area contributed by atoms with E-state index >= 15 is 0 Å². The molecule has 0 aliphatic carbocycles. The zero-order chi connectivity index (χ0) is 27.6. The third-order valence-corrected chi connectivity index (χ3v) is 7.75. The van der Waals surface area contributed by atoms with E-state index in [0.29, 0.717) is 5.56 Å². The Labute approximate surface area is 238 Å². The van der Waals surface area contributed by atoms with Gasteiger partial charge in [0.2, 0.25) is 0 Å². The van der Waals surface area contributed by atoms with Crippen LogP contribution in [0.25, 0.3) is 0 Å². The van der Waals surface area contributed by atoms with E-state index in [2.05, 4.69) is 0 Å². The number of aliphatic hydroxyl groups is 1. The molecule has 0 bridgehead atoms. The van der Waals surface area contributed by atoms with Gasteiger partial charge in [0.05, 0.1) is 25.4 Å². The Morgan fingerprint density at radius 1 is 0.675 bits per heavy atom. The summed E-state index contributed by atoms with van der Waals surface area (Å²) in [5.74, 6) is -0.481. The standard InChI is InChI=1S/C33H32O6S/c34-21-28-29(36-22-24-13-5-1-6-14-24)30(37-23-25-15-7-2-8-16-25)31(39-32(35)26-17-9-3-10-18-26)33(38-28)40-27-19-11-4-12-20-27/h1-20,28-31,33-34H,21-23H2/t28-,29-,30+,31+,33-/m1/s1. The van der Waals surface area contributed by atoms with Gasteiger partial charge in [0.1, 0.15) is 23.7 Å². The molecule has 1 heterocycles. The van der Waals surface area contributed by atoms with Gasteiger partial charge in [0.15, 0.2) is 6.10 Å². The average Bonchev–Trinajstić information content (AvgIpc) is 3.02. The third-order valence-electron chi connectivity index (χ3n) is 6.59. The number of hydrogen-bond acceptors (Lipinski definition) is 7. The lowest BCUT2D eigenvalue weighted by Gasteiger charge is -2.45. The van der Waals surface area contributed by atoms with Gasteiger partial charge in [-0.1, -0.05) is 109 Å². The minimum Gasteiger partial charge on any atom is -0.452 e. The molecule has 206 valence electrons. The first-order chi connectivity index (χ1) is 19.7. The number of ether oxygens (including phenoxy) is 4. The number of benzene rings is 4. The Balaban J connectivity index is 1.47. The van der Waals surface area contributed by atoms with Crippen LogP contribution < -0.4 is 0 Å². The molecule has 1 aliphatic rings. The maximum atomic E-state index is 13.3. The van der Waals surface area contributed by atoms with Gasteiger partial charge in [-0.05, 0) is 35.4 Å². The molecule has 40 heavy (non-hydrogen) atoms. The van der Waals surface area contributed by atoms with Crippen molar-refractivity contribution in [1.29, 1.82) is 0 Å². The van der Waals surface area contributed by atoms with Gasteiger partial charge in [0.25, 0.3) is 0 Å². The molecule has 5 atom stereocenters. The third kappa shape index (κ3) is 7.38. The first-order valence-corrected chi connectivity index (χ1v) is 14.1. The summed E-state index contributed by atoms with van der Waals surface area (Å²) in [6.45, 7) is 0.277. The Kier molecular flexibility index (Phi) is 10.0. The van der Waals surface area contributed by atoms with Crippen molar-refractivity contribution >= 4 is 17.7 Å². The molecule has 1 fully saturated rings. The molecule has 7 heteroatoms. The number of aliphatic hydroxyl groups excluding tert-OH is 1. The fourth-order valence-corrected chi connectivity index (χ4v) is 5.69. The molecule has 0 amide bonds. The van der Waals surface area contributed by atoms with E-state index in [9.17, 15) is 9.90 Å². The molecule has 5 rings (SSSR count). The molecule has 4 aromatic carbocycles. The molecule has 0 aromatic heterocycles. The van der Waals surface area contributed by atoms with Crippen molar-refractivity contribution in [3.8, 4) is 0 Å². The number of thioether (sulfide) groups is 1. The highest BCUT2D eigenvalue weighted by Gasteiger charge is 2.50. The van der Waals surface area contributed by atoms with E-state index in [1.165, 1.54) is 11.8 Å². The Morgan fingerprint density at radius 3 is 1.73 bits per heavy atom. The van der Waals surface area contributed by atoms with Gasteiger partial charge in [0, 0.05) is 4.90 Å². The minimum atomic E-state index is -0.829. The number of carbonyl (C=O) groups excluding carboxylic acids is 1. The zero-order valence-corrected chi connectivity index (χ0v) is 22.8. The molecule has 1 N–H and O–H groups in total. The first kappa shape index (κ1) is 28.1. The van der Waals surface area contributed by atoms with Crippen LogP contribution in [-0.2, 0) is 32.2 Å². The second kappa shape index (κ2) is 14.3. The summed E-state index contributed by atoms with van der Waals surface area (Å²) in [6.07, 6.45) is -2.94. The van der Waals surface area contributed by atoms with Crippen LogP contribution >= 0.6 is 11.8 Å². The van der Waals surface area contributed by atoms with Crippen molar-refractivity contribution < 1.29 is 28.8 Å². The maximum absolute atomic E-state index is 13.3. The molecule has 0 spiro atoms. The molecule has 6 nitrogen and oxygen atoms in total. The van der Waals surface area contributed by atoms with E-state index in [-0.39, 0.29) is 19.8 Å². The van der Waals surface area contributed by atoms with E-state index in [1.807, 2.05) is 97.1 Å². The van der Waals surface area contributed by atoms with Crippen molar-refractivity contribution in [1.82, 2.24) is 0 Å². The Bertz CT molecular complexity index is 1310. The van der Waals surface area contributed by atoms with Crippen molar-refractivity contribution in [3.63, 3.8) is 0 Å².